The quantitative estimate of drug-likeness (QED) is 0.764. The van der Waals surface area contributed by atoms with Crippen molar-refractivity contribution >= 4 is 22.0 Å². The average molecular weight is 177 g/mol. The summed E-state index contributed by atoms with van der Waals surface area (Å²) in [5, 5.41) is 4.24. The van der Waals surface area contributed by atoms with Crippen molar-refractivity contribution in [3.8, 4) is 0 Å². The van der Waals surface area contributed by atoms with Crippen molar-refractivity contribution in [3.63, 3.8) is 0 Å². The second kappa shape index (κ2) is 3.32. The van der Waals surface area contributed by atoms with Crippen LogP contribution in [0.3, 0.4) is 0 Å². The van der Waals surface area contributed by atoms with Crippen LogP contribution in [0.5, 0.6) is 0 Å². The van der Waals surface area contributed by atoms with E-state index in [1.54, 1.807) is 35.4 Å². The Morgan fingerprint density at radius 3 is 2.67 bits per heavy atom. The average Bonchev–Trinajstić information content (AvgIpc) is 2.59. The molecule has 2 heterocycles. The van der Waals surface area contributed by atoms with Crippen molar-refractivity contribution in [1.29, 1.82) is 0 Å². The number of rotatable bonds is 2. The molecular formula is C8H7N3S. The predicted molar refractivity (Wildman–Crippen MR) is 49.6 cm³/mol. The summed E-state index contributed by atoms with van der Waals surface area (Å²) in [6.07, 6.45) is 5.30. The Kier molecular flexibility index (Phi) is 2.00. The van der Waals surface area contributed by atoms with Crippen molar-refractivity contribution in [3.05, 3.63) is 36.2 Å². The first-order valence-corrected chi connectivity index (χ1v) is 4.38. The highest BCUT2D eigenvalue weighted by Crippen LogP contribution is 2.18. The minimum Gasteiger partial charge on any atom is -0.346 e. The lowest BCUT2D eigenvalue weighted by Gasteiger charge is -1.99. The zero-order chi connectivity index (χ0) is 8.23. The van der Waals surface area contributed by atoms with Crippen LogP contribution in [0.4, 0.5) is 10.7 Å². The first-order valence-electron chi connectivity index (χ1n) is 3.51. The number of nitrogens with zero attached hydrogens (tertiary/aromatic N) is 2. The van der Waals surface area contributed by atoms with Crippen molar-refractivity contribution in [2.24, 2.45) is 0 Å². The number of pyridine rings is 1. The second-order valence-electron chi connectivity index (χ2n) is 2.23. The Bertz CT molecular complexity index is 330. The monoisotopic (exact) mass is 177 g/mol. The summed E-state index contributed by atoms with van der Waals surface area (Å²) in [6.45, 7) is 0. The Morgan fingerprint density at radius 1 is 1.17 bits per heavy atom. The molecule has 12 heavy (non-hydrogen) atoms. The summed E-state index contributed by atoms with van der Waals surface area (Å²) in [5.41, 5.74) is 2.83. The topological polar surface area (TPSA) is 37.8 Å². The van der Waals surface area contributed by atoms with Gasteiger partial charge >= 0.3 is 0 Å². The Morgan fingerprint density at radius 2 is 2.00 bits per heavy atom. The minimum absolute atomic E-state index is 1.04. The van der Waals surface area contributed by atoms with Crippen LogP contribution in [-0.4, -0.2) is 9.97 Å². The van der Waals surface area contributed by atoms with E-state index in [4.69, 9.17) is 0 Å². The standard InChI is InChI=1S/C8H7N3S/c1-3-9-4-2-7(1)11-8-5-10-6-12-8/h1-6H,(H,9,11). The fourth-order valence-corrected chi connectivity index (χ4v) is 1.39. The van der Waals surface area contributed by atoms with Crippen molar-refractivity contribution in [2.75, 3.05) is 5.32 Å². The van der Waals surface area contributed by atoms with Crippen LogP contribution in [-0.2, 0) is 0 Å². The van der Waals surface area contributed by atoms with Gasteiger partial charge in [-0.15, -0.1) is 11.3 Å². The fourth-order valence-electron chi connectivity index (χ4n) is 0.855. The van der Waals surface area contributed by atoms with E-state index in [2.05, 4.69) is 15.3 Å². The van der Waals surface area contributed by atoms with Gasteiger partial charge in [0, 0.05) is 18.1 Å². The third kappa shape index (κ3) is 1.60. The van der Waals surface area contributed by atoms with Crippen molar-refractivity contribution in [1.82, 2.24) is 9.97 Å². The van der Waals surface area contributed by atoms with E-state index in [1.165, 1.54) is 0 Å². The Hall–Kier alpha value is -1.42. The normalized spacial score (nSPS) is 9.67. The Balaban J connectivity index is 2.15. The van der Waals surface area contributed by atoms with Crippen LogP contribution < -0.4 is 5.32 Å². The molecule has 60 valence electrons. The predicted octanol–water partition coefficient (Wildman–Crippen LogP) is 2.28. The molecule has 2 aromatic heterocycles. The van der Waals surface area contributed by atoms with E-state index >= 15 is 0 Å². The van der Waals surface area contributed by atoms with Gasteiger partial charge in [-0.2, -0.15) is 0 Å². The van der Waals surface area contributed by atoms with Gasteiger partial charge in [-0.1, -0.05) is 0 Å². The molecule has 2 aromatic rings. The largest absolute Gasteiger partial charge is 0.346 e. The van der Waals surface area contributed by atoms with Crippen LogP contribution in [0, 0.1) is 0 Å². The zero-order valence-corrected chi connectivity index (χ0v) is 7.08. The van der Waals surface area contributed by atoms with Gasteiger partial charge in [0.15, 0.2) is 0 Å². The number of thiazole rings is 1. The minimum atomic E-state index is 1.04. The molecule has 2 rings (SSSR count). The molecule has 0 unspecified atom stereocenters. The maximum Gasteiger partial charge on any atom is 0.113 e. The third-order valence-electron chi connectivity index (χ3n) is 1.38. The highest BCUT2D eigenvalue weighted by atomic mass is 32.1. The van der Waals surface area contributed by atoms with Gasteiger partial charge in [-0.05, 0) is 12.1 Å². The molecule has 0 fully saturated rings. The third-order valence-corrected chi connectivity index (χ3v) is 2.07. The van der Waals surface area contributed by atoms with E-state index in [0.717, 1.165) is 10.7 Å². The van der Waals surface area contributed by atoms with E-state index in [9.17, 15) is 0 Å². The molecular weight excluding hydrogens is 170 g/mol. The van der Waals surface area contributed by atoms with Crippen molar-refractivity contribution in [2.45, 2.75) is 0 Å². The summed E-state index contributed by atoms with van der Waals surface area (Å²) in [5.74, 6) is 0. The maximum absolute atomic E-state index is 3.96. The van der Waals surface area contributed by atoms with Gasteiger partial charge < -0.3 is 5.32 Å². The van der Waals surface area contributed by atoms with E-state index in [-0.39, 0.29) is 0 Å². The molecule has 0 amide bonds. The lowest BCUT2D eigenvalue weighted by atomic mass is 10.4. The summed E-state index contributed by atoms with van der Waals surface area (Å²) >= 11 is 1.58. The van der Waals surface area contributed by atoms with Crippen LogP contribution in [0.1, 0.15) is 0 Å². The molecule has 0 atom stereocenters. The summed E-state index contributed by atoms with van der Waals surface area (Å²) < 4.78 is 0. The first kappa shape index (κ1) is 7.24. The lowest BCUT2D eigenvalue weighted by molar-refractivity contribution is 1.32. The first-order chi connectivity index (χ1) is 5.95. The van der Waals surface area contributed by atoms with Crippen LogP contribution >= 0.6 is 11.3 Å². The molecule has 1 N–H and O–H groups in total. The molecule has 3 nitrogen and oxygen atoms in total. The number of anilines is 2. The highest BCUT2D eigenvalue weighted by Gasteiger charge is 1.93. The van der Waals surface area contributed by atoms with Gasteiger partial charge in [0.2, 0.25) is 0 Å². The molecule has 0 spiro atoms. The van der Waals surface area contributed by atoms with Gasteiger partial charge in [-0.3, -0.25) is 9.97 Å². The van der Waals surface area contributed by atoms with Crippen LogP contribution in [0.25, 0.3) is 0 Å². The van der Waals surface area contributed by atoms with Gasteiger partial charge in [0.25, 0.3) is 0 Å². The lowest BCUT2D eigenvalue weighted by Crippen LogP contribution is -1.85. The molecule has 0 aromatic carbocycles. The number of aromatic nitrogens is 2. The number of nitrogens with one attached hydrogen (secondary N) is 1. The molecule has 0 bridgehead atoms. The molecule has 0 saturated carbocycles. The molecule has 0 aliphatic carbocycles. The molecule has 0 saturated heterocycles. The van der Waals surface area contributed by atoms with Gasteiger partial charge in [0.05, 0.1) is 11.7 Å². The fraction of sp³-hybridized carbons (Fsp3) is 0. The molecule has 0 aliphatic heterocycles. The van der Waals surface area contributed by atoms with Crippen LogP contribution in [0.2, 0.25) is 0 Å². The van der Waals surface area contributed by atoms with Gasteiger partial charge in [0.1, 0.15) is 5.00 Å². The van der Waals surface area contributed by atoms with Gasteiger partial charge in [-0.25, -0.2) is 0 Å². The number of hydrogen-bond acceptors (Lipinski definition) is 4. The second-order valence-corrected chi connectivity index (χ2v) is 3.11. The smallest absolute Gasteiger partial charge is 0.113 e. The Labute approximate surface area is 74.1 Å². The SMILES string of the molecule is c1cc(Nc2cncs2)ccn1. The summed E-state index contributed by atoms with van der Waals surface area (Å²) in [6, 6.07) is 3.83. The summed E-state index contributed by atoms with van der Waals surface area (Å²) in [7, 11) is 0. The maximum atomic E-state index is 3.96. The number of hydrogen-bond donors (Lipinski definition) is 1. The highest BCUT2D eigenvalue weighted by molar-refractivity contribution is 7.13. The molecule has 0 radical (unpaired) electrons. The van der Waals surface area contributed by atoms with E-state index < -0.39 is 0 Å². The molecule has 0 aliphatic rings. The van der Waals surface area contributed by atoms with Crippen LogP contribution in [0.15, 0.2) is 36.2 Å². The van der Waals surface area contributed by atoms with E-state index in [0.29, 0.717) is 0 Å². The zero-order valence-electron chi connectivity index (χ0n) is 6.27. The van der Waals surface area contributed by atoms with Crippen molar-refractivity contribution < 1.29 is 0 Å². The summed E-state index contributed by atoms with van der Waals surface area (Å²) in [4.78, 5) is 7.88. The molecule has 4 heteroatoms. The van der Waals surface area contributed by atoms with E-state index in [1.807, 2.05) is 12.1 Å².